The molecular formula is C20H24N4O3. The second-order valence-electron chi connectivity index (χ2n) is 7.38. The summed E-state index contributed by atoms with van der Waals surface area (Å²) >= 11 is 0. The molecule has 1 aliphatic rings. The van der Waals surface area contributed by atoms with Gasteiger partial charge in [-0.15, -0.1) is 0 Å². The Hall–Kier alpha value is -2.48. The molecule has 1 aromatic carbocycles. The molecule has 0 bridgehead atoms. The van der Waals surface area contributed by atoms with Crippen molar-refractivity contribution in [2.75, 3.05) is 13.2 Å². The summed E-state index contributed by atoms with van der Waals surface area (Å²) in [5, 5.41) is 0. The normalized spacial score (nSPS) is 19.1. The van der Waals surface area contributed by atoms with E-state index in [4.69, 9.17) is 9.47 Å². The lowest BCUT2D eigenvalue weighted by molar-refractivity contribution is -0.140. The Morgan fingerprint density at radius 3 is 2.78 bits per heavy atom. The first-order valence-corrected chi connectivity index (χ1v) is 9.12. The third-order valence-electron chi connectivity index (χ3n) is 4.72. The maximum absolute atomic E-state index is 11.9. The van der Waals surface area contributed by atoms with Crippen molar-refractivity contribution in [3.8, 4) is 0 Å². The SMILES string of the molecule is CC1(C)OC[C@H](CN(Cc2ccccc2)Cc2c[nH]c3c(=O)[nH]cnc23)O1. The van der Waals surface area contributed by atoms with Gasteiger partial charge in [-0.3, -0.25) is 9.69 Å². The summed E-state index contributed by atoms with van der Waals surface area (Å²) < 4.78 is 11.7. The average molecular weight is 368 g/mol. The zero-order chi connectivity index (χ0) is 18.9. The predicted molar refractivity (Wildman–Crippen MR) is 102 cm³/mol. The molecule has 0 spiro atoms. The molecule has 3 heterocycles. The van der Waals surface area contributed by atoms with E-state index in [0.717, 1.165) is 18.7 Å². The summed E-state index contributed by atoms with van der Waals surface area (Å²) in [5.41, 5.74) is 3.27. The van der Waals surface area contributed by atoms with Gasteiger partial charge in [-0.2, -0.15) is 0 Å². The zero-order valence-corrected chi connectivity index (χ0v) is 15.6. The van der Waals surface area contributed by atoms with E-state index in [-0.39, 0.29) is 11.7 Å². The summed E-state index contributed by atoms with van der Waals surface area (Å²) in [5.74, 6) is -0.543. The summed E-state index contributed by atoms with van der Waals surface area (Å²) in [6, 6.07) is 10.3. The number of H-pyrrole nitrogens is 2. The Morgan fingerprint density at radius 1 is 1.22 bits per heavy atom. The van der Waals surface area contributed by atoms with E-state index >= 15 is 0 Å². The van der Waals surface area contributed by atoms with Gasteiger partial charge in [0.2, 0.25) is 0 Å². The van der Waals surface area contributed by atoms with Crippen molar-refractivity contribution in [2.24, 2.45) is 0 Å². The van der Waals surface area contributed by atoms with Crippen LogP contribution in [0.1, 0.15) is 25.0 Å². The van der Waals surface area contributed by atoms with Crippen LogP contribution in [0.2, 0.25) is 0 Å². The minimum absolute atomic E-state index is 0.00489. The number of aromatic amines is 2. The molecule has 7 heteroatoms. The van der Waals surface area contributed by atoms with Crippen molar-refractivity contribution in [3.63, 3.8) is 0 Å². The summed E-state index contributed by atoms with van der Waals surface area (Å²) in [7, 11) is 0. The number of aromatic nitrogens is 3. The van der Waals surface area contributed by atoms with Crippen molar-refractivity contribution in [2.45, 2.75) is 38.8 Å². The van der Waals surface area contributed by atoms with Crippen LogP contribution in [0.4, 0.5) is 0 Å². The van der Waals surface area contributed by atoms with Crippen LogP contribution in [0.15, 0.2) is 47.7 Å². The molecule has 0 aliphatic carbocycles. The first kappa shape index (κ1) is 17.9. The van der Waals surface area contributed by atoms with E-state index in [9.17, 15) is 4.79 Å². The Morgan fingerprint density at radius 2 is 2.04 bits per heavy atom. The molecule has 4 rings (SSSR count). The molecule has 7 nitrogen and oxygen atoms in total. The number of ether oxygens (including phenoxy) is 2. The van der Waals surface area contributed by atoms with Gasteiger partial charge in [0.05, 0.1) is 24.6 Å². The molecule has 2 aromatic heterocycles. The quantitative estimate of drug-likeness (QED) is 0.698. The number of hydrogen-bond acceptors (Lipinski definition) is 5. The summed E-state index contributed by atoms with van der Waals surface area (Å²) in [6.07, 6.45) is 3.31. The Balaban J connectivity index is 1.57. The van der Waals surface area contributed by atoms with Gasteiger partial charge in [0.25, 0.3) is 5.56 Å². The fourth-order valence-electron chi connectivity index (χ4n) is 3.53. The number of nitrogens with zero attached hydrogens (tertiary/aromatic N) is 2. The Kier molecular flexibility index (Phi) is 4.82. The highest BCUT2D eigenvalue weighted by molar-refractivity contribution is 5.77. The van der Waals surface area contributed by atoms with E-state index in [1.807, 2.05) is 38.2 Å². The molecule has 2 N–H and O–H groups in total. The molecule has 1 fully saturated rings. The maximum atomic E-state index is 11.9. The van der Waals surface area contributed by atoms with Gasteiger partial charge in [0, 0.05) is 31.4 Å². The molecule has 1 atom stereocenters. The van der Waals surface area contributed by atoms with Crippen molar-refractivity contribution in [1.29, 1.82) is 0 Å². The third kappa shape index (κ3) is 4.10. The summed E-state index contributed by atoms with van der Waals surface area (Å²) in [4.78, 5) is 24.2. The number of fused-ring (bicyclic) bond motifs is 1. The first-order chi connectivity index (χ1) is 13.0. The number of nitrogens with one attached hydrogen (secondary N) is 2. The lowest BCUT2D eigenvalue weighted by Crippen LogP contribution is -2.34. The molecule has 0 saturated carbocycles. The molecule has 1 aliphatic heterocycles. The zero-order valence-electron chi connectivity index (χ0n) is 15.6. The largest absolute Gasteiger partial charge is 0.355 e. The van der Waals surface area contributed by atoms with Gasteiger partial charge in [-0.05, 0) is 19.4 Å². The predicted octanol–water partition coefficient (Wildman–Crippen LogP) is 2.40. The second-order valence-corrected chi connectivity index (χ2v) is 7.38. The standard InChI is InChI=1S/C20H24N4O3/c1-20(2)26-12-16(27-20)11-24(9-14-6-4-3-5-7-14)10-15-8-21-18-17(15)22-13-23-19(18)25/h3-8,13,16,21H,9-12H2,1-2H3,(H,22,23,25)/t16-/m0/s1. The Bertz CT molecular complexity index is 964. The lowest BCUT2D eigenvalue weighted by atomic mass is 10.2. The van der Waals surface area contributed by atoms with Crippen molar-refractivity contribution < 1.29 is 9.47 Å². The maximum Gasteiger partial charge on any atom is 0.275 e. The van der Waals surface area contributed by atoms with Gasteiger partial charge < -0.3 is 19.4 Å². The topological polar surface area (TPSA) is 83.2 Å². The van der Waals surface area contributed by atoms with Gasteiger partial charge in [0.15, 0.2) is 5.79 Å². The monoisotopic (exact) mass is 368 g/mol. The van der Waals surface area contributed by atoms with Crippen LogP contribution in [0.5, 0.6) is 0 Å². The van der Waals surface area contributed by atoms with E-state index < -0.39 is 5.79 Å². The Labute approximate surface area is 157 Å². The van der Waals surface area contributed by atoms with Gasteiger partial charge in [-0.25, -0.2) is 4.98 Å². The lowest BCUT2D eigenvalue weighted by Gasteiger charge is -2.25. The third-order valence-corrected chi connectivity index (χ3v) is 4.72. The van der Waals surface area contributed by atoms with E-state index in [1.54, 1.807) is 0 Å². The van der Waals surface area contributed by atoms with Gasteiger partial charge in [-0.1, -0.05) is 30.3 Å². The molecule has 142 valence electrons. The van der Waals surface area contributed by atoms with Crippen LogP contribution in [0, 0.1) is 0 Å². The van der Waals surface area contributed by atoms with Crippen LogP contribution in [-0.2, 0) is 22.6 Å². The fraction of sp³-hybridized carbons (Fsp3) is 0.400. The fourth-order valence-corrected chi connectivity index (χ4v) is 3.53. The average Bonchev–Trinajstić information content (AvgIpc) is 3.20. The highest BCUT2D eigenvalue weighted by Crippen LogP contribution is 2.24. The van der Waals surface area contributed by atoms with Crippen LogP contribution in [0.25, 0.3) is 11.0 Å². The van der Waals surface area contributed by atoms with Crippen LogP contribution in [0.3, 0.4) is 0 Å². The van der Waals surface area contributed by atoms with Crippen molar-refractivity contribution >= 4 is 11.0 Å². The molecule has 1 saturated heterocycles. The molecule has 3 aromatic rings. The van der Waals surface area contributed by atoms with Crippen LogP contribution in [-0.4, -0.2) is 44.9 Å². The smallest absolute Gasteiger partial charge is 0.275 e. The highest BCUT2D eigenvalue weighted by atomic mass is 16.7. The minimum atomic E-state index is -0.543. The van der Waals surface area contributed by atoms with Gasteiger partial charge >= 0.3 is 0 Å². The number of benzene rings is 1. The van der Waals surface area contributed by atoms with Crippen LogP contribution >= 0.6 is 0 Å². The van der Waals surface area contributed by atoms with E-state index in [0.29, 0.717) is 24.2 Å². The minimum Gasteiger partial charge on any atom is -0.355 e. The molecule has 0 amide bonds. The molecule has 0 unspecified atom stereocenters. The number of hydrogen-bond donors (Lipinski definition) is 2. The number of rotatable bonds is 6. The molecule has 0 radical (unpaired) electrons. The van der Waals surface area contributed by atoms with Crippen molar-refractivity contribution in [3.05, 3.63) is 64.3 Å². The molecular weight excluding hydrogens is 344 g/mol. The van der Waals surface area contributed by atoms with Gasteiger partial charge in [0.1, 0.15) is 5.52 Å². The van der Waals surface area contributed by atoms with E-state index in [1.165, 1.54) is 11.9 Å². The summed E-state index contributed by atoms with van der Waals surface area (Å²) in [6.45, 7) is 6.61. The highest BCUT2D eigenvalue weighted by Gasteiger charge is 2.33. The van der Waals surface area contributed by atoms with Crippen LogP contribution < -0.4 is 5.56 Å². The second kappa shape index (κ2) is 7.26. The first-order valence-electron chi connectivity index (χ1n) is 9.12. The van der Waals surface area contributed by atoms with Crippen molar-refractivity contribution in [1.82, 2.24) is 19.9 Å². The van der Waals surface area contributed by atoms with E-state index in [2.05, 4.69) is 32.0 Å². The molecule has 27 heavy (non-hydrogen) atoms.